The minimum atomic E-state index is 0.333. The van der Waals surface area contributed by atoms with Gasteiger partial charge in [-0.25, -0.2) is 15.0 Å². The highest BCUT2D eigenvalue weighted by molar-refractivity contribution is 6.02. The van der Waals surface area contributed by atoms with Gasteiger partial charge in [-0.15, -0.1) is 0 Å². The van der Waals surface area contributed by atoms with Crippen LogP contribution in [0.2, 0.25) is 0 Å². The number of oxazole rings is 1. The zero-order valence-corrected chi connectivity index (χ0v) is 21.3. The quantitative estimate of drug-likeness (QED) is 0.319. The molecule has 6 rings (SSSR count). The van der Waals surface area contributed by atoms with Gasteiger partial charge in [0.2, 0.25) is 11.6 Å². The molecule has 1 aliphatic rings. The second-order valence-electron chi connectivity index (χ2n) is 9.07. The van der Waals surface area contributed by atoms with Gasteiger partial charge in [-0.3, -0.25) is 0 Å². The van der Waals surface area contributed by atoms with E-state index < -0.39 is 0 Å². The third kappa shape index (κ3) is 4.20. The molecule has 0 amide bonds. The molecule has 5 aromatic rings. The largest absolute Gasteiger partial charge is 0.494 e. The first kappa shape index (κ1) is 23.6. The standard InChI is InChI=1S/C29H27N7O2/c1-3-37-23-11-9-22(10-12-23)36-18-24(21-7-5-4-6-8-21)26-27(31-19-32-28(26)36)34-13-15-35(16-14-34)29-25(17-30)33-20(2)38-29/h4-12,18-19H,3,13-16H2,1-2H3. The summed E-state index contributed by atoms with van der Waals surface area (Å²) in [6.07, 6.45) is 3.78. The molecule has 0 atom stereocenters. The number of ether oxygens (including phenoxy) is 1. The van der Waals surface area contributed by atoms with Gasteiger partial charge in [0.25, 0.3) is 0 Å². The molecule has 1 aliphatic heterocycles. The van der Waals surface area contributed by atoms with Crippen LogP contribution in [0.3, 0.4) is 0 Å². The van der Waals surface area contributed by atoms with Crippen molar-refractivity contribution < 1.29 is 9.15 Å². The topological polar surface area (TPSA) is 96.2 Å². The van der Waals surface area contributed by atoms with Crippen molar-refractivity contribution in [3.8, 4) is 28.6 Å². The van der Waals surface area contributed by atoms with Crippen LogP contribution >= 0.6 is 0 Å². The van der Waals surface area contributed by atoms with Crippen LogP contribution < -0.4 is 14.5 Å². The summed E-state index contributed by atoms with van der Waals surface area (Å²) in [5.41, 5.74) is 4.36. The fourth-order valence-electron chi connectivity index (χ4n) is 5.01. The number of rotatable bonds is 6. The maximum absolute atomic E-state index is 9.45. The Morgan fingerprint density at radius 1 is 0.974 bits per heavy atom. The van der Waals surface area contributed by atoms with E-state index >= 15 is 0 Å². The molecule has 0 spiro atoms. The van der Waals surface area contributed by atoms with Gasteiger partial charge in [0.05, 0.1) is 12.0 Å². The van der Waals surface area contributed by atoms with E-state index in [0.717, 1.165) is 52.5 Å². The van der Waals surface area contributed by atoms with E-state index in [1.54, 1.807) is 13.3 Å². The minimum Gasteiger partial charge on any atom is -0.494 e. The van der Waals surface area contributed by atoms with Gasteiger partial charge in [0.15, 0.2) is 11.5 Å². The van der Waals surface area contributed by atoms with Crippen LogP contribution in [0, 0.1) is 18.3 Å². The fraction of sp³-hybridized carbons (Fsp3) is 0.241. The Labute approximate surface area is 220 Å². The van der Waals surface area contributed by atoms with E-state index in [0.29, 0.717) is 37.2 Å². The number of aromatic nitrogens is 4. The molecule has 1 saturated heterocycles. The lowest BCUT2D eigenvalue weighted by atomic mass is 10.1. The van der Waals surface area contributed by atoms with Crippen molar-refractivity contribution in [3.05, 3.63) is 78.7 Å². The van der Waals surface area contributed by atoms with Crippen LogP contribution in [-0.2, 0) is 0 Å². The van der Waals surface area contributed by atoms with Crippen molar-refractivity contribution in [2.24, 2.45) is 0 Å². The smallest absolute Gasteiger partial charge is 0.234 e. The maximum atomic E-state index is 9.45. The van der Waals surface area contributed by atoms with Crippen LogP contribution in [0.25, 0.3) is 27.8 Å². The van der Waals surface area contributed by atoms with Gasteiger partial charge < -0.3 is 23.5 Å². The van der Waals surface area contributed by atoms with Crippen molar-refractivity contribution in [2.75, 3.05) is 42.6 Å². The predicted octanol–water partition coefficient (Wildman–Crippen LogP) is 4.98. The molecule has 0 aliphatic carbocycles. The Kier molecular flexibility index (Phi) is 6.14. The lowest BCUT2D eigenvalue weighted by molar-refractivity contribution is 0.340. The summed E-state index contributed by atoms with van der Waals surface area (Å²) in [5.74, 6) is 2.78. The molecule has 0 unspecified atom stereocenters. The van der Waals surface area contributed by atoms with E-state index in [9.17, 15) is 5.26 Å². The summed E-state index contributed by atoms with van der Waals surface area (Å²) >= 11 is 0. The monoisotopic (exact) mass is 505 g/mol. The lowest BCUT2D eigenvalue weighted by Gasteiger charge is -2.35. The molecule has 4 heterocycles. The molecule has 0 bridgehead atoms. The third-order valence-corrected chi connectivity index (χ3v) is 6.76. The predicted molar refractivity (Wildman–Crippen MR) is 146 cm³/mol. The van der Waals surface area contributed by atoms with Crippen molar-refractivity contribution in [1.29, 1.82) is 5.26 Å². The first-order valence-electron chi connectivity index (χ1n) is 12.7. The van der Waals surface area contributed by atoms with Crippen LogP contribution in [0.4, 0.5) is 11.7 Å². The minimum absolute atomic E-state index is 0.333. The molecular weight excluding hydrogens is 478 g/mol. The highest BCUT2D eigenvalue weighted by Crippen LogP contribution is 2.37. The normalized spacial score (nSPS) is 13.6. The molecule has 1 fully saturated rings. The van der Waals surface area contributed by atoms with Crippen molar-refractivity contribution >= 4 is 22.7 Å². The van der Waals surface area contributed by atoms with Crippen molar-refractivity contribution in [2.45, 2.75) is 13.8 Å². The summed E-state index contributed by atoms with van der Waals surface area (Å²) in [5, 5.41) is 10.5. The molecule has 190 valence electrons. The van der Waals surface area contributed by atoms with E-state index in [-0.39, 0.29) is 0 Å². The van der Waals surface area contributed by atoms with Crippen LogP contribution in [0.1, 0.15) is 18.5 Å². The molecule has 0 radical (unpaired) electrons. The van der Waals surface area contributed by atoms with E-state index in [4.69, 9.17) is 19.1 Å². The van der Waals surface area contributed by atoms with Crippen LogP contribution in [0.15, 0.2) is 71.5 Å². The van der Waals surface area contributed by atoms with Crippen LogP contribution in [-0.4, -0.2) is 52.3 Å². The first-order valence-corrected chi connectivity index (χ1v) is 12.7. The number of benzene rings is 2. The summed E-state index contributed by atoms with van der Waals surface area (Å²) in [7, 11) is 0. The summed E-state index contributed by atoms with van der Waals surface area (Å²) in [4.78, 5) is 18.1. The molecule has 9 nitrogen and oxygen atoms in total. The first-order chi connectivity index (χ1) is 18.7. The summed E-state index contributed by atoms with van der Waals surface area (Å²) in [6, 6.07) is 20.5. The van der Waals surface area contributed by atoms with Crippen molar-refractivity contribution in [3.63, 3.8) is 0 Å². The van der Waals surface area contributed by atoms with E-state index in [1.807, 2.05) is 49.4 Å². The average molecular weight is 506 g/mol. The molecular formula is C29H27N7O2. The summed E-state index contributed by atoms with van der Waals surface area (Å²) in [6.45, 7) is 7.19. The Bertz CT molecular complexity index is 1610. The Hall–Kier alpha value is -4.84. The third-order valence-electron chi connectivity index (χ3n) is 6.76. The number of piperazine rings is 1. The highest BCUT2D eigenvalue weighted by atomic mass is 16.5. The fourth-order valence-corrected chi connectivity index (χ4v) is 5.01. The average Bonchev–Trinajstić information content (AvgIpc) is 3.55. The molecule has 0 saturated carbocycles. The number of hydrogen-bond donors (Lipinski definition) is 0. The SMILES string of the molecule is CCOc1ccc(-n2cc(-c3ccccc3)c3c(N4CCN(c5oc(C)nc5C#N)CC4)ncnc32)cc1. The zero-order chi connectivity index (χ0) is 26.1. The number of fused-ring (bicyclic) bond motifs is 1. The van der Waals surface area contributed by atoms with Gasteiger partial charge in [-0.2, -0.15) is 5.26 Å². The van der Waals surface area contributed by atoms with Gasteiger partial charge in [0.1, 0.15) is 24.0 Å². The van der Waals surface area contributed by atoms with Crippen molar-refractivity contribution in [1.82, 2.24) is 19.5 Å². The van der Waals surface area contributed by atoms with Gasteiger partial charge in [-0.05, 0) is 36.8 Å². The molecule has 0 N–H and O–H groups in total. The zero-order valence-electron chi connectivity index (χ0n) is 21.3. The number of nitriles is 1. The Morgan fingerprint density at radius 2 is 1.71 bits per heavy atom. The Balaban J connectivity index is 1.40. The molecule has 9 heteroatoms. The van der Waals surface area contributed by atoms with E-state index in [1.165, 1.54) is 0 Å². The number of anilines is 2. The van der Waals surface area contributed by atoms with Gasteiger partial charge >= 0.3 is 0 Å². The maximum Gasteiger partial charge on any atom is 0.234 e. The van der Waals surface area contributed by atoms with Gasteiger partial charge in [0, 0.05) is 50.6 Å². The molecule has 3 aromatic heterocycles. The number of aryl methyl sites for hydroxylation is 1. The Morgan fingerprint density at radius 3 is 2.42 bits per heavy atom. The molecule has 2 aromatic carbocycles. The van der Waals surface area contributed by atoms with Gasteiger partial charge in [-0.1, -0.05) is 30.3 Å². The van der Waals surface area contributed by atoms with Crippen LogP contribution in [0.5, 0.6) is 5.75 Å². The highest BCUT2D eigenvalue weighted by Gasteiger charge is 2.27. The lowest BCUT2D eigenvalue weighted by Crippen LogP contribution is -2.47. The summed E-state index contributed by atoms with van der Waals surface area (Å²) < 4.78 is 13.5. The second kappa shape index (κ2) is 9.90. The second-order valence-corrected chi connectivity index (χ2v) is 9.07. The number of hydrogen-bond acceptors (Lipinski definition) is 8. The molecule has 38 heavy (non-hydrogen) atoms. The number of nitrogens with zero attached hydrogens (tertiary/aromatic N) is 7. The van der Waals surface area contributed by atoms with E-state index in [2.05, 4.69) is 43.7 Å².